The smallest absolute Gasteiger partial charge is 0.326 e. The van der Waals surface area contributed by atoms with E-state index in [1.54, 1.807) is 13.0 Å². The summed E-state index contributed by atoms with van der Waals surface area (Å²) >= 11 is 0. The summed E-state index contributed by atoms with van der Waals surface area (Å²) in [6.07, 6.45) is 0.963. The van der Waals surface area contributed by atoms with Crippen LogP contribution in [0.2, 0.25) is 0 Å². The molecule has 110 valence electrons. The highest BCUT2D eigenvalue weighted by molar-refractivity contribution is 5.84. The van der Waals surface area contributed by atoms with Crippen LogP contribution >= 0.6 is 0 Å². The third kappa shape index (κ3) is 4.87. The summed E-state index contributed by atoms with van der Waals surface area (Å²) in [5, 5.41) is 11.2. The molecule has 0 aliphatic rings. The lowest BCUT2D eigenvalue weighted by atomic mass is 10.2. The Morgan fingerprint density at radius 1 is 1.45 bits per heavy atom. The predicted molar refractivity (Wildman–Crippen MR) is 71.1 cm³/mol. The summed E-state index contributed by atoms with van der Waals surface area (Å²) in [5.41, 5.74) is 0.802. The van der Waals surface area contributed by atoms with Gasteiger partial charge in [0, 0.05) is 0 Å². The molecule has 0 bridgehead atoms. The first-order chi connectivity index (χ1) is 9.43. The van der Waals surface area contributed by atoms with Crippen molar-refractivity contribution in [1.82, 2.24) is 5.32 Å². The summed E-state index contributed by atoms with van der Waals surface area (Å²) in [6, 6.07) is 3.37. The SMILES string of the molecule is CCCC(NC(=O)COc1cc(C)ccc1F)C(=O)O. The lowest BCUT2D eigenvalue weighted by Crippen LogP contribution is -2.42. The van der Waals surface area contributed by atoms with E-state index in [1.165, 1.54) is 12.1 Å². The van der Waals surface area contributed by atoms with E-state index in [0.29, 0.717) is 12.8 Å². The van der Waals surface area contributed by atoms with Crippen LogP contribution < -0.4 is 10.1 Å². The minimum atomic E-state index is -1.10. The third-order valence-electron chi connectivity index (χ3n) is 2.66. The zero-order valence-corrected chi connectivity index (χ0v) is 11.5. The molecule has 0 heterocycles. The fourth-order valence-electron chi connectivity index (χ4n) is 1.65. The minimum absolute atomic E-state index is 0.0254. The zero-order valence-electron chi connectivity index (χ0n) is 11.5. The summed E-state index contributed by atoms with van der Waals surface area (Å²) in [6.45, 7) is 3.17. The molecule has 0 aliphatic heterocycles. The Hall–Kier alpha value is -2.11. The number of halogens is 1. The Balaban J connectivity index is 2.54. The quantitative estimate of drug-likeness (QED) is 0.801. The molecule has 0 aliphatic carbocycles. The van der Waals surface area contributed by atoms with Crippen molar-refractivity contribution in [1.29, 1.82) is 0 Å². The second kappa shape index (κ2) is 7.47. The van der Waals surface area contributed by atoms with E-state index in [1.807, 2.05) is 6.92 Å². The molecule has 0 aromatic heterocycles. The van der Waals surface area contributed by atoms with Crippen LogP contribution in [0.4, 0.5) is 4.39 Å². The highest BCUT2D eigenvalue weighted by atomic mass is 19.1. The Labute approximate surface area is 116 Å². The molecule has 1 rings (SSSR count). The monoisotopic (exact) mass is 283 g/mol. The topological polar surface area (TPSA) is 75.6 Å². The van der Waals surface area contributed by atoms with Crippen LogP contribution in [0.15, 0.2) is 18.2 Å². The van der Waals surface area contributed by atoms with Crippen LogP contribution in [0.5, 0.6) is 5.75 Å². The second-order valence-electron chi connectivity index (χ2n) is 4.47. The van der Waals surface area contributed by atoms with E-state index in [0.717, 1.165) is 5.56 Å². The zero-order chi connectivity index (χ0) is 15.1. The molecule has 0 saturated carbocycles. The lowest BCUT2D eigenvalue weighted by Gasteiger charge is -2.14. The molecule has 2 N–H and O–H groups in total. The van der Waals surface area contributed by atoms with Gasteiger partial charge >= 0.3 is 5.97 Å². The van der Waals surface area contributed by atoms with E-state index in [4.69, 9.17) is 9.84 Å². The van der Waals surface area contributed by atoms with Gasteiger partial charge in [0.05, 0.1) is 0 Å². The predicted octanol–water partition coefficient (Wildman–Crippen LogP) is 1.88. The van der Waals surface area contributed by atoms with Crippen LogP contribution in [0.3, 0.4) is 0 Å². The maximum Gasteiger partial charge on any atom is 0.326 e. The van der Waals surface area contributed by atoms with Crippen molar-refractivity contribution >= 4 is 11.9 Å². The number of carboxylic acids is 1. The largest absolute Gasteiger partial charge is 0.481 e. The summed E-state index contributed by atoms with van der Waals surface area (Å²) in [7, 11) is 0. The molecule has 1 amide bonds. The van der Waals surface area contributed by atoms with Gasteiger partial charge in [0.2, 0.25) is 0 Å². The van der Waals surface area contributed by atoms with Crippen LogP contribution in [0.25, 0.3) is 0 Å². The number of nitrogens with one attached hydrogen (secondary N) is 1. The number of rotatable bonds is 7. The Morgan fingerprint density at radius 2 is 2.15 bits per heavy atom. The minimum Gasteiger partial charge on any atom is -0.481 e. The summed E-state index contributed by atoms with van der Waals surface area (Å²) in [5.74, 6) is -2.28. The number of carbonyl (C=O) groups is 2. The number of aryl methyl sites for hydroxylation is 1. The third-order valence-corrected chi connectivity index (χ3v) is 2.66. The maximum absolute atomic E-state index is 13.4. The van der Waals surface area contributed by atoms with Gasteiger partial charge in [-0.1, -0.05) is 19.4 Å². The number of ether oxygens (including phenoxy) is 1. The molecule has 1 unspecified atom stereocenters. The fraction of sp³-hybridized carbons (Fsp3) is 0.429. The number of carboxylic acid groups (broad SMARTS) is 1. The Morgan fingerprint density at radius 3 is 2.75 bits per heavy atom. The molecule has 6 heteroatoms. The van der Waals surface area contributed by atoms with Gasteiger partial charge in [-0.15, -0.1) is 0 Å². The van der Waals surface area contributed by atoms with Crippen LogP contribution in [0.1, 0.15) is 25.3 Å². The van der Waals surface area contributed by atoms with E-state index in [-0.39, 0.29) is 5.75 Å². The second-order valence-corrected chi connectivity index (χ2v) is 4.47. The van der Waals surface area contributed by atoms with Crippen LogP contribution in [-0.4, -0.2) is 29.6 Å². The summed E-state index contributed by atoms with van der Waals surface area (Å²) < 4.78 is 18.4. The molecule has 0 spiro atoms. The molecule has 1 atom stereocenters. The van der Waals surface area contributed by atoms with Crippen molar-refractivity contribution < 1.29 is 23.8 Å². The molecule has 0 saturated heterocycles. The van der Waals surface area contributed by atoms with Gasteiger partial charge in [0.15, 0.2) is 18.2 Å². The molecular weight excluding hydrogens is 265 g/mol. The number of hydrogen-bond acceptors (Lipinski definition) is 3. The Kier molecular flexibility index (Phi) is 5.96. The van der Waals surface area contributed by atoms with Gasteiger partial charge in [-0.3, -0.25) is 4.79 Å². The lowest BCUT2D eigenvalue weighted by molar-refractivity contribution is -0.142. The van der Waals surface area contributed by atoms with Gasteiger partial charge in [-0.05, 0) is 31.0 Å². The summed E-state index contributed by atoms with van der Waals surface area (Å²) in [4.78, 5) is 22.5. The van der Waals surface area contributed by atoms with Crippen molar-refractivity contribution in [3.63, 3.8) is 0 Å². The molecule has 0 radical (unpaired) electrons. The molecule has 0 fully saturated rings. The highest BCUT2D eigenvalue weighted by Gasteiger charge is 2.19. The van der Waals surface area contributed by atoms with E-state index in [2.05, 4.69) is 5.32 Å². The molecule has 1 aromatic carbocycles. The molecule has 1 aromatic rings. The number of hydrogen-bond donors (Lipinski definition) is 2. The van der Waals surface area contributed by atoms with Gasteiger partial charge in [0.1, 0.15) is 6.04 Å². The van der Waals surface area contributed by atoms with Crippen molar-refractivity contribution in [3.05, 3.63) is 29.6 Å². The van der Waals surface area contributed by atoms with Gasteiger partial charge in [-0.2, -0.15) is 0 Å². The van der Waals surface area contributed by atoms with Crippen LogP contribution in [0, 0.1) is 12.7 Å². The fourth-order valence-corrected chi connectivity index (χ4v) is 1.65. The highest BCUT2D eigenvalue weighted by Crippen LogP contribution is 2.18. The Bertz CT molecular complexity index is 490. The average Bonchev–Trinajstić information content (AvgIpc) is 2.39. The standard InChI is InChI=1S/C14H18FNO4/c1-3-4-11(14(18)19)16-13(17)8-20-12-7-9(2)5-6-10(12)15/h5-7,11H,3-4,8H2,1-2H3,(H,16,17)(H,18,19). The first kappa shape index (κ1) is 15.9. The van der Waals surface area contributed by atoms with Crippen molar-refractivity contribution in [2.45, 2.75) is 32.7 Å². The molecular formula is C14H18FNO4. The number of amides is 1. The van der Waals surface area contributed by atoms with E-state index >= 15 is 0 Å². The van der Waals surface area contributed by atoms with Crippen molar-refractivity contribution in [2.75, 3.05) is 6.61 Å². The first-order valence-corrected chi connectivity index (χ1v) is 6.35. The van der Waals surface area contributed by atoms with Crippen LogP contribution in [-0.2, 0) is 9.59 Å². The maximum atomic E-state index is 13.4. The van der Waals surface area contributed by atoms with Gasteiger partial charge in [-0.25, -0.2) is 9.18 Å². The first-order valence-electron chi connectivity index (χ1n) is 6.35. The van der Waals surface area contributed by atoms with Crippen molar-refractivity contribution in [2.24, 2.45) is 0 Å². The van der Waals surface area contributed by atoms with Gasteiger partial charge in [0.25, 0.3) is 5.91 Å². The number of benzene rings is 1. The van der Waals surface area contributed by atoms with E-state index < -0.39 is 30.3 Å². The average molecular weight is 283 g/mol. The van der Waals surface area contributed by atoms with E-state index in [9.17, 15) is 14.0 Å². The molecule has 20 heavy (non-hydrogen) atoms. The number of carbonyl (C=O) groups excluding carboxylic acids is 1. The number of aliphatic carboxylic acids is 1. The normalized spacial score (nSPS) is 11.8. The van der Waals surface area contributed by atoms with Crippen molar-refractivity contribution in [3.8, 4) is 5.75 Å². The van der Waals surface area contributed by atoms with Gasteiger partial charge < -0.3 is 15.2 Å². The molecule has 5 nitrogen and oxygen atoms in total.